The maximum absolute atomic E-state index is 10.9. The van der Waals surface area contributed by atoms with E-state index in [2.05, 4.69) is 25.4 Å². The minimum absolute atomic E-state index is 0.287. The molecule has 1 aromatic carbocycles. The van der Waals surface area contributed by atoms with Crippen LogP contribution in [-0.4, -0.2) is 59.5 Å². The molecule has 0 unspecified atom stereocenters. The van der Waals surface area contributed by atoms with Crippen molar-refractivity contribution in [2.75, 3.05) is 39.5 Å². The van der Waals surface area contributed by atoms with Crippen LogP contribution in [0.15, 0.2) is 29.1 Å². The lowest BCUT2D eigenvalue weighted by atomic mass is 10.2. The number of aromatic nitrogens is 3. The van der Waals surface area contributed by atoms with E-state index >= 15 is 0 Å². The van der Waals surface area contributed by atoms with Gasteiger partial charge in [-0.2, -0.15) is 5.10 Å². The molecule has 0 radical (unpaired) electrons. The predicted octanol–water partition coefficient (Wildman–Crippen LogP) is 0.0988. The average molecular weight is 333 g/mol. The van der Waals surface area contributed by atoms with Crippen molar-refractivity contribution in [2.24, 2.45) is 0 Å². The van der Waals surface area contributed by atoms with Gasteiger partial charge in [-0.1, -0.05) is 12.1 Å². The Morgan fingerprint density at radius 2 is 2.00 bits per heavy atom. The van der Waals surface area contributed by atoms with Crippen molar-refractivity contribution < 1.29 is 9.47 Å². The Morgan fingerprint density at radius 3 is 2.71 bits per heavy atom. The first-order valence-corrected chi connectivity index (χ1v) is 8.16. The van der Waals surface area contributed by atoms with E-state index in [1.165, 1.54) is 0 Å². The highest BCUT2D eigenvalue weighted by atomic mass is 16.5. The molecular weight excluding hydrogens is 310 g/mol. The number of morpholine rings is 1. The number of hydrogen-bond acceptors (Lipinski definition) is 6. The number of H-pyrrole nitrogens is 2. The molecule has 1 aromatic heterocycles. The van der Waals surface area contributed by atoms with Crippen LogP contribution in [0.3, 0.4) is 0 Å². The molecule has 0 saturated carbocycles. The van der Waals surface area contributed by atoms with Crippen molar-refractivity contribution >= 4 is 0 Å². The molecule has 1 fully saturated rings. The van der Waals surface area contributed by atoms with Gasteiger partial charge in [0.1, 0.15) is 18.2 Å². The fourth-order valence-electron chi connectivity index (χ4n) is 2.54. The summed E-state index contributed by atoms with van der Waals surface area (Å²) in [6.45, 7) is 6.41. The highest BCUT2D eigenvalue weighted by Crippen LogP contribution is 2.12. The first-order valence-electron chi connectivity index (χ1n) is 8.16. The molecule has 1 aliphatic rings. The third-order valence-electron chi connectivity index (χ3n) is 3.88. The molecule has 2 heterocycles. The number of rotatable bonds is 8. The van der Waals surface area contributed by atoms with Gasteiger partial charge in [-0.05, 0) is 17.7 Å². The summed E-state index contributed by atoms with van der Waals surface area (Å²) in [5, 5.41) is 9.41. The fourth-order valence-corrected chi connectivity index (χ4v) is 2.54. The van der Waals surface area contributed by atoms with Crippen LogP contribution in [0.5, 0.6) is 5.75 Å². The summed E-state index contributed by atoms with van der Waals surface area (Å²) in [4.78, 5) is 15.9. The zero-order valence-corrected chi connectivity index (χ0v) is 13.6. The topological polar surface area (TPSA) is 95.3 Å². The van der Waals surface area contributed by atoms with E-state index in [1.54, 1.807) is 0 Å². The number of nitrogens with one attached hydrogen (secondary N) is 3. The summed E-state index contributed by atoms with van der Waals surface area (Å²) in [7, 11) is 0. The van der Waals surface area contributed by atoms with Gasteiger partial charge in [0.2, 0.25) is 0 Å². The molecule has 1 aliphatic heterocycles. The third kappa shape index (κ3) is 5.19. The molecule has 0 amide bonds. The number of nitrogens with zero attached hydrogens (tertiary/aromatic N) is 2. The monoisotopic (exact) mass is 333 g/mol. The minimum atomic E-state index is -0.287. The van der Waals surface area contributed by atoms with Crippen LogP contribution in [0.2, 0.25) is 0 Å². The maximum atomic E-state index is 10.9. The lowest BCUT2D eigenvalue weighted by molar-refractivity contribution is 0.0322. The zero-order valence-electron chi connectivity index (χ0n) is 13.6. The Labute approximate surface area is 140 Å². The van der Waals surface area contributed by atoms with Crippen LogP contribution in [-0.2, 0) is 17.8 Å². The standard InChI is InChI=1S/C16H23N5O3/c22-16-18-15(19-20-16)12-17-11-13-1-3-14(4-2-13)24-10-7-21-5-8-23-9-6-21/h1-4,17H,5-12H2,(H2,18,19,20,22). The summed E-state index contributed by atoms with van der Waals surface area (Å²) >= 11 is 0. The molecule has 0 spiro atoms. The van der Waals surface area contributed by atoms with Gasteiger partial charge in [-0.15, -0.1) is 0 Å². The van der Waals surface area contributed by atoms with Crippen molar-refractivity contribution in [3.8, 4) is 5.75 Å². The van der Waals surface area contributed by atoms with E-state index in [9.17, 15) is 4.79 Å². The van der Waals surface area contributed by atoms with Crippen molar-refractivity contribution in [1.29, 1.82) is 0 Å². The zero-order chi connectivity index (χ0) is 16.6. The molecule has 0 aliphatic carbocycles. The lowest BCUT2D eigenvalue weighted by Crippen LogP contribution is -2.38. The molecule has 3 rings (SSSR count). The molecular formula is C16H23N5O3. The van der Waals surface area contributed by atoms with Gasteiger partial charge in [-0.25, -0.2) is 9.89 Å². The van der Waals surface area contributed by atoms with Crippen molar-refractivity contribution in [1.82, 2.24) is 25.4 Å². The van der Waals surface area contributed by atoms with E-state index < -0.39 is 0 Å². The Bertz CT molecular complexity index is 661. The molecule has 8 nitrogen and oxygen atoms in total. The largest absolute Gasteiger partial charge is 0.492 e. The Hall–Kier alpha value is -2.16. The Morgan fingerprint density at radius 1 is 1.21 bits per heavy atom. The molecule has 3 N–H and O–H groups in total. The molecule has 8 heteroatoms. The number of ether oxygens (including phenoxy) is 2. The molecule has 2 aromatic rings. The van der Waals surface area contributed by atoms with Crippen molar-refractivity contribution in [2.45, 2.75) is 13.1 Å². The molecule has 0 atom stereocenters. The van der Waals surface area contributed by atoms with Gasteiger partial charge < -0.3 is 14.8 Å². The molecule has 130 valence electrons. The molecule has 1 saturated heterocycles. The summed E-state index contributed by atoms with van der Waals surface area (Å²) in [6, 6.07) is 8.02. The van der Waals surface area contributed by atoms with Gasteiger partial charge in [-0.3, -0.25) is 9.88 Å². The minimum Gasteiger partial charge on any atom is -0.492 e. The van der Waals surface area contributed by atoms with Crippen LogP contribution in [0.25, 0.3) is 0 Å². The summed E-state index contributed by atoms with van der Waals surface area (Å²) in [5.74, 6) is 1.48. The second-order valence-corrected chi connectivity index (χ2v) is 5.67. The highest BCUT2D eigenvalue weighted by Gasteiger charge is 2.09. The quantitative estimate of drug-likeness (QED) is 0.634. The van der Waals surface area contributed by atoms with Crippen LogP contribution in [0.4, 0.5) is 0 Å². The van der Waals surface area contributed by atoms with Gasteiger partial charge in [0.05, 0.1) is 19.8 Å². The lowest BCUT2D eigenvalue weighted by Gasteiger charge is -2.26. The van der Waals surface area contributed by atoms with E-state index in [4.69, 9.17) is 9.47 Å². The SMILES string of the molecule is O=c1[nH]nc(CNCc2ccc(OCCN3CCOCC3)cc2)[nH]1. The first kappa shape index (κ1) is 16.7. The van der Waals surface area contributed by atoms with Gasteiger partial charge in [0.25, 0.3) is 0 Å². The summed E-state index contributed by atoms with van der Waals surface area (Å²) in [6.07, 6.45) is 0. The second-order valence-electron chi connectivity index (χ2n) is 5.67. The maximum Gasteiger partial charge on any atom is 0.340 e. The van der Waals surface area contributed by atoms with Crippen LogP contribution in [0, 0.1) is 0 Å². The van der Waals surface area contributed by atoms with E-state index in [0.717, 1.165) is 44.2 Å². The Balaban J connectivity index is 1.36. The fraction of sp³-hybridized carbons (Fsp3) is 0.500. The van der Waals surface area contributed by atoms with E-state index in [-0.39, 0.29) is 5.69 Å². The number of aromatic amines is 2. The predicted molar refractivity (Wildman–Crippen MR) is 88.9 cm³/mol. The van der Waals surface area contributed by atoms with E-state index in [1.807, 2.05) is 24.3 Å². The van der Waals surface area contributed by atoms with Gasteiger partial charge in [0.15, 0.2) is 0 Å². The van der Waals surface area contributed by atoms with Crippen molar-refractivity contribution in [3.63, 3.8) is 0 Å². The van der Waals surface area contributed by atoms with Gasteiger partial charge >= 0.3 is 5.69 Å². The van der Waals surface area contributed by atoms with Crippen LogP contribution in [0.1, 0.15) is 11.4 Å². The molecule has 24 heavy (non-hydrogen) atoms. The highest BCUT2D eigenvalue weighted by molar-refractivity contribution is 5.27. The summed E-state index contributed by atoms with van der Waals surface area (Å²) in [5.41, 5.74) is 0.860. The van der Waals surface area contributed by atoms with Crippen molar-refractivity contribution in [3.05, 3.63) is 46.1 Å². The number of benzene rings is 1. The number of hydrogen-bond donors (Lipinski definition) is 3. The third-order valence-corrected chi connectivity index (χ3v) is 3.88. The molecule has 0 bridgehead atoms. The average Bonchev–Trinajstić information content (AvgIpc) is 3.03. The second kappa shape index (κ2) is 8.62. The normalized spacial score (nSPS) is 15.5. The summed E-state index contributed by atoms with van der Waals surface area (Å²) < 4.78 is 11.1. The smallest absolute Gasteiger partial charge is 0.340 e. The van der Waals surface area contributed by atoms with Crippen LogP contribution >= 0.6 is 0 Å². The first-order chi connectivity index (χ1) is 11.8. The van der Waals surface area contributed by atoms with Crippen LogP contribution < -0.4 is 15.7 Å². The van der Waals surface area contributed by atoms with E-state index in [0.29, 0.717) is 25.5 Å². The Kier molecular flexibility index (Phi) is 6.00. The van der Waals surface area contributed by atoms with Gasteiger partial charge in [0, 0.05) is 26.2 Å².